The number of amides is 1. The Morgan fingerprint density at radius 1 is 1.14 bits per heavy atom. The van der Waals surface area contributed by atoms with Gasteiger partial charge in [-0.1, -0.05) is 30.5 Å². The summed E-state index contributed by atoms with van der Waals surface area (Å²) in [5.74, 6) is -0.305. The normalized spacial score (nSPS) is 14.6. The molecule has 10 heteroatoms. The van der Waals surface area contributed by atoms with Crippen LogP contribution in [0.1, 0.15) is 72.9 Å². The molecule has 2 aromatic rings. The second kappa shape index (κ2) is 11.6. The predicted octanol–water partition coefficient (Wildman–Crippen LogP) is 4.48. The Labute approximate surface area is 216 Å². The Kier molecular flexibility index (Phi) is 9.05. The molecule has 1 aromatic carbocycles. The number of ether oxygens (including phenoxy) is 1. The molecular weight excluding hydrogens is 500 g/mol. The van der Waals surface area contributed by atoms with Crippen molar-refractivity contribution in [2.75, 3.05) is 12.3 Å². The van der Waals surface area contributed by atoms with Crippen molar-refractivity contribution in [2.24, 2.45) is 5.92 Å². The van der Waals surface area contributed by atoms with E-state index < -0.39 is 21.5 Å². The van der Waals surface area contributed by atoms with Gasteiger partial charge in [0.15, 0.2) is 15.6 Å². The van der Waals surface area contributed by atoms with E-state index in [1.54, 1.807) is 20.8 Å². The van der Waals surface area contributed by atoms with Crippen LogP contribution in [0.4, 0.5) is 4.79 Å². The van der Waals surface area contributed by atoms with Gasteiger partial charge in [-0.3, -0.25) is 9.59 Å². The lowest BCUT2D eigenvalue weighted by Gasteiger charge is -2.19. The molecule has 1 saturated carbocycles. The maximum Gasteiger partial charge on any atom is 0.407 e. The van der Waals surface area contributed by atoms with Gasteiger partial charge in [-0.25, -0.2) is 18.2 Å². The van der Waals surface area contributed by atoms with Gasteiger partial charge in [-0.15, -0.1) is 11.3 Å². The molecule has 0 aliphatic heterocycles. The van der Waals surface area contributed by atoms with Crippen LogP contribution in [0.3, 0.4) is 0 Å². The number of aromatic nitrogens is 1. The first kappa shape index (κ1) is 28.0. The van der Waals surface area contributed by atoms with Gasteiger partial charge in [0, 0.05) is 24.4 Å². The van der Waals surface area contributed by atoms with Crippen molar-refractivity contribution in [2.45, 2.75) is 76.0 Å². The summed E-state index contributed by atoms with van der Waals surface area (Å²) >= 11 is 0.950. The number of hydrogen-bond donors (Lipinski definition) is 1. The van der Waals surface area contributed by atoms with Crippen molar-refractivity contribution >= 4 is 38.8 Å². The van der Waals surface area contributed by atoms with Gasteiger partial charge in [0.05, 0.1) is 18.4 Å². The van der Waals surface area contributed by atoms with Crippen LogP contribution in [0.2, 0.25) is 0 Å². The molecule has 1 heterocycles. The minimum atomic E-state index is -3.68. The third-order valence-electron chi connectivity index (χ3n) is 5.87. The third kappa shape index (κ3) is 7.96. The Bertz CT molecular complexity index is 1220. The number of thiazole rings is 1. The van der Waals surface area contributed by atoms with E-state index in [4.69, 9.17) is 4.74 Å². The van der Waals surface area contributed by atoms with Crippen LogP contribution in [0.5, 0.6) is 0 Å². The van der Waals surface area contributed by atoms with Gasteiger partial charge in [0.2, 0.25) is 0 Å². The lowest BCUT2D eigenvalue weighted by Crippen LogP contribution is -2.35. The average Bonchev–Trinajstić information content (AvgIpc) is 3.46. The summed E-state index contributed by atoms with van der Waals surface area (Å²) in [6, 6.07) is 5.60. The summed E-state index contributed by atoms with van der Waals surface area (Å²) in [6.07, 6.45) is 4.54. The molecule has 0 bridgehead atoms. The van der Waals surface area contributed by atoms with E-state index in [1.807, 2.05) is 25.1 Å². The lowest BCUT2D eigenvalue weighted by atomic mass is 9.90. The zero-order valence-electron chi connectivity index (χ0n) is 21.3. The first-order chi connectivity index (χ1) is 16.8. The minimum absolute atomic E-state index is 0.0126. The number of carbonyl (C=O) groups is 3. The van der Waals surface area contributed by atoms with Crippen LogP contribution in [0.25, 0.3) is 0 Å². The molecule has 8 nitrogen and oxygen atoms in total. The molecular formula is C26H34N2O6S2. The molecule has 1 fully saturated rings. The maximum atomic E-state index is 13.0. The van der Waals surface area contributed by atoms with Gasteiger partial charge in [-0.05, 0) is 52.2 Å². The third-order valence-corrected chi connectivity index (χ3v) is 9.13. The molecule has 1 N–H and O–H groups in total. The van der Waals surface area contributed by atoms with E-state index in [0.717, 1.165) is 42.6 Å². The largest absolute Gasteiger partial charge is 0.444 e. The Hall–Kier alpha value is -2.59. The summed E-state index contributed by atoms with van der Waals surface area (Å²) in [5, 5.41) is 2.83. The molecule has 0 saturated heterocycles. The number of Topliss-reactive ketones (excluding diaryl/α,β-unsaturated/α-hetero) is 2. The number of benzene rings is 1. The summed E-state index contributed by atoms with van der Waals surface area (Å²) in [4.78, 5) is 41.7. The smallest absolute Gasteiger partial charge is 0.407 e. The summed E-state index contributed by atoms with van der Waals surface area (Å²) in [5.41, 5.74) is 1.63. The Morgan fingerprint density at radius 3 is 2.50 bits per heavy atom. The lowest BCUT2D eigenvalue weighted by molar-refractivity contribution is -0.117. The van der Waals surface area contributed by atoms with Crippen LogP contribution in [-0.2, 0) is 32.2 Å². The van der Waals surface area contributed by atoms with E-state index in [2.05, 4.69) is 10.3 Å². The highest BCUT2D eigenvalue weighted by Crippen LogP contribution is 2.30. The molecule has 1 aromatic heterocycles. The highest BCUT2D eigenvalue weighted by Gasteiger charge is 2.26. The standard InChI is InChI=1S/C26H34N2O6S2/c1-17-9-10-19(21(13-17)24(30)18-7-5-6-8-18)14-20(29)15-22-28-16-23(35-22)36(32,33)12-11-27-25(31)34-26(2,3)4/h9-10,13,16,18H,5-8,11-12,14-15H2,1-4H3,(H,27,31). The number of nitrogens with one attached hydrogen (secondary N) is 1. The SMILES string of the molecule is Cc1ccc(CC(=O)Cc2ncc(S(=O)(=O)CCNC(=O)OC(C)(C)C)s2)c(C(=O)C2CCCC2)c1. The molecule has 3 rings (SSSR count). The number of hydrogen-bond acceptors (Lipinski definition) is 8. The van der Waals surface area contributed by atoms with Crippen LogP contribution in [-0.4, -0.2) is 49.0 Å². The Balaban J connectivity index is 1.59. The van der Waals surface area contributed by atoms with Gasteiger partial charge in [0.25, 0.3) is 0 Å². The number of ketones is 2. The maximum absolute atomic E-state index is 13.0. The average molecular weight is 535 g/mol. The first-order valence-corrected chi connectivity index (χ1v) is 14.6. The van der Waals surface area contributed by atoms with Crippen LogP contribution < -0.4 is 5.32 Å². The fourth-order valence-electron chi connectivity index (χ4n) is 4.15. The van der Waals surface area contributed by atoms with Crippen LogP contribution in [0.15, 0.2) is 28.6 Å². The fourth-order valence-corrected chi connectivity index (χ4v) is 6.65. The summed E-state index contributed by atoms with van der Waals surface area (Å²) in [7, 11) is -3.68. The molecule has 1 amide bonds. The van der Waals surface area contributed by atoms with Crippen LogP contribution >= 0.6 is 11.3 Å². The summed E-state index contributed by atoms with van der Waals surface area (Å²) < 4.78 is 30.4. The van der Waals surface area contributed by atoms with Gasteiger partial charge in [-0.2, -0.15) is 0 Å². The monoisotopic (exact) mass is 534 g/mol. The second-order valence-corrected chi connectivity index (χ2v) is 13.7. The number of carbonyl (C=O) groups excluding carboxylic acids is 3. The van der Waals surface area contributed by atoms with Gasteiger partial charge < -0.3 is 10.1 Å². The fraction of sp³-hybridized carbons (Fsp3) is 0.538. The van der Waals surface area contributed by atoms with Crippen molar-refractivity contribution in [3.63, 3.8) is 0 Å². The van der Waals surface area contributed by atoms with Crippen molar-refractivity contribution in [3.8, 4) is 0 Å². The minimum Gasteiger partial charge on any atom is -0.444 e. The van der Waals surface area contributed by atoms with Gasteiger partial charge in [0.1, 0.15) is 20.6 Å². The number of aryl methyl sites for hydroxylation is 1. The van der Waals surface area contributed by atoms with Crippen LogP contribution in [0, 0.1) is 12.8 Å². The summed E-state index contributed by atoms with van der Waals surface area (Å²) in [6.45, 7) is 6.98. The van der Waals surface area contributed by atoms with E-state index in [0.29, 0.717) is 16.1 Å². The molecule has 1 aliphatic rings. The zero-order valence-corrected chi connectivity index (χ0v) is 22.9. The van der Waals surface area contributed by atoms with E-state index in [-0.39, 0.29) is 46.8 Å². The molecule has 1 aliphatic carbocycles. The number of nitrogens with zero attached hydrogens (tertiary/aromatic N) is 1. The molecule has 0 radical (unpaired) electrons. The van der Waals surface area contributed by atoms with Crippen molar-refractivity contribution in [3.05, 3.63) is 46.1 Å². The second-order valence-electron chi connectivity index (χ2n) is 10.2. The quantitative estimate of drug-likeness (QED) is 0.446. The van der Waals surface area contributed by atoms with Crippen molar-refractivity contribution in [1.82, 2.24) is 10.3 Å². The zero-order chi connectivity index (χ0) is 26.5. The van der Waals surface area contributed by atoms with Gasteiger partial charge >= 0.3 is 6.09 Å². The number of alkyl carbamates (subject to hydrolysis) is 1. The van der Waals surface area contributed by atoms with E-state index in [9.17, 15) is 22.8 Å². The van der Waals surface area contributed by atoms with Crippen molar-refractivity contribution in [1.29, 1.82) is 0 Å². The molecule has 0 atom stereocenters. The molecule has 36 heavy (non-hydrogen) atoms. The topological polar surface area (TPSA) is 120 Å². The predicted molar refractivity (Wildman–Crippen MR) is 138 cm³/mol. The highest BCUT2D eigenvalue weighted by molar-refractivity contribution is 7.93. The highest BCUT2D eigenvalue weighted by atomic mass is 32.2. The van der Waals surface area contributed by atoms with E-state index in [1.165, 1.54) is 6.20 Å². The molecule has 0 unspecified atom stereocenters. The number of sulfone groups is 1. The van der Waals surface area contributed by atoms with E-state index >= 15 is 0 Å². The van der Waals surface area contributed by atoms with Crippen molar-refractivity contribution < 1.29 is 27.5 Å². The molecule has 0 spiro atoms. The first-order valence-electron chi connectivity index (χ1n) is 12.1. The molecule has 196 valence electrons. The Morgan fingerprint density at radius 2 is 1.83 bits per heavy atom. The number of rotatable bonds is 10.